The second kappa shape index (κ2) is 7.35. The Labute approximate surface area is 121 Å². The molecular formula is C14H18N2O3S. The molecule has 1 heterocycles. The number of carbonyl (C=O) groups is 1. The van der Waals surface area contributed by atoms with Crippen molar-refractivity contribution >= 4 is 27.3 Å². The molecule has 5 nitrogen and oxygen atoms in total. The molecule has 0 spiro atoms. The summed E-state index contributed by atoms with van der Waals surface area (Å²) in [4.78, 5) is 12.4. The molecule has 3 N–H and O–H groups in total. The largest absolute Gasteiger partial charge is 0.379 e. The van der Waals surface area contributed by atoms with E-state index in [1.165, 1.54) is 11.3 Å². The number of carbonyl (C=O) groups excluding carboxylic acids is 1. The van der Waals surface area contributed by atoms with Crippen molar-refractivity contribution in [1.82, 2.24) is 5.43 Å². The summed E-state index contributed by atoms with van der Waals surface area (Å²) < 4.78 is 11.9. The molecule has 0 aliphatic rings. The SMILES string of the molecule is CCOCCOCc1c(C(=O)NN)sc2ccccc12. The molecule has 108 valence electrons. The van der Waals surface area contributed by atoms with E-state index in [2.05, 4.69) is 5.43 Å². The molecule has 0 aliphatic heterocycles. The standard InChI is InChI=1S/C14H18N2O3S/c1-2-18-7-8-19-9-11-10-5-3-4-6-12(10)20-13(11)14(17)16-15/h3-6H,2,7-9,15H2,1H3,(H,16,17). The van der Waals surface area contributed by atoms with Gasteiger partial charge in [0.2, 0.25) is 0 Å². The van der Waals surface area contributed by atoms with Gasteiger partial charge in [0.15, 0.2) is 0 Å². The molecule has 1 amide bonds. The Morgan fingerprint density at radius 3 is 2.80 bits per heavy atom. The molecule has 0 bridgehead atoms. The van der Waals surface area contributed by atoms with Crippen molar-refractivity contribution in [2.75, 3.05) is 19.8 Å². The molecule has 0 saturated carbocycles. The Morgan fingerprint density at radius 2 is 2.05 bits per heavy atom. The lowest BCUT2D eigenvalue weighted by Crippen LogP contribution is -2.30. The molecule has 0 saturated heterocycles. The summed E-state index contributed by atoms with van der Waals surface area (Å²) in [5.41, 5.74) is 3.06. The highest BCUT2D eigenvalue weighted by Gasteiger charge is 2.17. The van der Waals surface area contributed by atoms with Crippen LogP contribution >= 0.6 is 11.3 Å². The third kappa shape index (κ3) is 3.34. The molecular weight excluding hydrogens is 276 g/mol. The van der Waals surface area contributed by atoms with E-state index in [0.717, 1.165) is 15.6 Å². The lowest BCUT2D eigenvalue weighted by atomic mass is 10.1. The maximum Gasteiger partial charge on any atom is 0.275 e. The normalized spacial score (nSPS) is 10.9. The summed E-state index contributed by atoms with van der Waals surface area (Å²) in [6.45, 7) is 4.04. The molecule has 0 radical (unpaired) electrons. The number of nitrogen functional groups attached to an aromatic ring is 1. The highest BCUT2D eigenvalue weighted by molar-refractivity contribution is 7.21. The van der Waals surface area contributed by atoms with Gasteiger partial charge in [0, 0.05) is 16.9 Å². The molecule has 2 aromatic rings. The Bertz CT molecular complexity index is 583. The van der Waals surface area contributed by atoms with E-state index in [1.54, 1.807) is 0 Å². The van der Waals surface area contributed by atoms with Crippen LogP contribution in [0.25, 0.3) is 10.1 Å². The fraction of sp³-hybridized carbons (Fsp3) is 0.357. The van der Waals surface area contributed by atoms with E-state index in [1.807, 2.05) is 31.2 Å². The van der Waals surface area contributed by atoms with Gasteiger partial charge in [-0.25, -0.2) is 5.84 Å². The highest BCUT2D eigenvalue weighted by Crippen LogP contribution is 2.31. The average Bonchev–Trinajstić information content (AvgIpc) is 2.85. The highest BCUT2D eigenvalue weighted by atomic mass is 32.1. The van der Waals surface area contributed by atoms with E-state index in [0.29, 0.717) is 31.3 Å². The first-order valence-electron chi connectivity index (χ1n) is 6.44. The summed E-state index contributed by atoms with van der Waals surface area (Å²) in [6, 6.07) is 7.86. The van der Waals surface area contributed by atoms with Gasteiger partial charge in [-0.05, 0) is 18.4 Å². The summed E-state index contributed by atoms with van der Waals surface area (Å²) in [5, 5.41) is 1.03. The maximum atomic E-state index is 11.8. The van der Waals surface area contributed by atoms with Crippen molar-refractivity contribution in [1.29, 1.82) is 0 Å². The van der Waals surface area contributed by atoms with E-state index < -0.39 is 0 Å². The fourth-order valence-electron chi connectivity index (χ4n) is 1.93. The number of hydrazine groups is 1. The summed E-state index contributed by atoms with van der Waals surface area (Å²) >= 11 is 1.42. The molecule has 0 unspecified atom stereocenters. The molecule has 1 aromatic heterocycles. The number of thiophene rings is 1. The molecule has 6 heteroatoms. The van der Waals surface area contributed by atoms with Crippen molar-refractivity contribution < 1.29 is 14.3 Å². The fourth-order valence-corrected chi connectivity index (χ4v) is 3.04. The quantitative estimate of drug-likeness (QED) is 0.355. The van der Waals surface area contributed by atoms with Crippen molar-refractivity contribution in [2.45, 2.75) is 13.5 Å². The first kappa shape index (κ1) is 14.9. The molecule has 0 fully saturated rings. The van der Waals surface area contributed by atoms with Crippen LogP contribution in [-0.4, -0.2) is 25.7 Å². The number of nitrogens with two attached hydrogens (primary N) is 1. The predicted octanol–water partition coefficient (Wildman–Crippen LogP) is 2.06. The summed E-state index contributed by atoms with van der Waals surface area (Å²) in [6.07, 6.45) is 0. The topological polar surface area (TPSA) is 73.6 Å². The van der Waals surface area contributed by atoms with Gasteiger partial charge in [0.25, 0.3) is 5.91 Å². The van der Waals surface area contributed by atoms with Gasteiger partial charge in [-0.3, -0.25) is 10.2 Å². The zero-order valence-corrected chi connectivity index (χ0v) is 12.2. The zero-order valence-electron chi connectivity index (χ0n) is 11.3. The van der Waals surface area contributed by atoms with Gasteiger partial charge in [0.1, 0.15) is 0 Å². The van der Waals surface area contributed by atoms with Crippen molar-refractivity contribution in [3.05, 3.63) is 34.7 Å². The summed E-state index contributed by atoms with van der Waals surface area (Å²) in [5.74, 6) is 4.95. The number of rotatable bonds is 7. The summed E-state index contributed by atoms with van der Waals surface area (Å²) in [7, 11) is 0. The number of ether oxygens (including phenoxy) is 2. The zero-order chi connectivity index (χ0) is 14.4. The van der Waals surface area contributed by atoms with Gasteiger partial charge in [-0.2, -0.15) is 0 Å². The van der Waals surface area contributed by atoms with Crippen LogP contribution in [0.3, 0.4) is 0 Å². The van der Waals surface area contributed by atoms with Gasteiger partial charge in [0.05, 0.1) is 24.7 Å². The maximum absolute atomic E-state index is 11.8. The molecule has 1 aromatic carbocycles. The van der Waals surface area contributed by atoms with E-state index in [-0.39, 0.29) is 5.91 Å². The van der Waals surface area contributed by atoms with E-state index in [9.17, 15) is 4.79 Å². The second-order valence-electron chi connectivity index (χ2n) is 4.13. The van der Waals surface area contributed by atoms with Crippen molar-refractivity contribution in [2.24, 2.45) is 5.84 Å². The third-order valence-corrected chi connectivity index (χ3v) is 4.07. The molecule has 20 heavy (non-hydrogen) atoms. The lowest BCUT2D eigenvalue weighted by molar-refractivity contribution is 0.0455. The molecule has 0 atom stereocenters. The van der Waals surface area contributed by atoms with Gasteiger partial charge < -0.3 is 9.47 Å². The Kier molecular flexibility index (Phi) is 5.49. The minimum absolute atomic E-state index is 0.283. The van der Waals surface area contributed by atoms with Crippen LogP contribution in [0.4, 0.5) is 0 Å². The van der Waals surface area contributed by atoms with Crippen LogP contribution < -0.4 is 11.3 Å². The minimum Gasteiger partial charge on any atom is -0.379 e. The van der Waals surface area contributed by atoms with E-state index in [4.69, 9.17) is 15.3 Å². The second-order valence-corrected chi connectivity index (χ2v) is 5.18. The van der Waals surface area contributed by atoms with Crippen molar-refractivity contribution in [3.8, 4) is 0 Å². The average molecular weight is 294 g/mol. The van der Waals surface area contributed by atoms with Crippen LogP contribution in [-0.2, 0) is 16.1 Å². The lowest BCUT2D eigenvalue weighted by Gasteiger charge is -2.06. The minimum atomic E-state index is -0.283. The number of hydrogen-bond acceptors (Lipinski definition) is 5. The number of hydrogen-bond donors (Lipinski definition) is 2. The van der Waals surface area contributed by atoms with Crippen LogP contribution in [0.2, 0.25) is 0 Å². The number of fused-ring (bicyclic) bond motifs is 1. The van der Waals surface area contributed by atoms with Crippen molar-refractivity contribution in [3.63, 3.8) is 0 Å². The van der Waals surface area contributed by atoms with E-state index >= 15 is 0 Å². The number of amides is 1. The van der Waals surface area contributed by atoms with Gasteiger partial charge in [-0.15, -0.1) is 11.3 Å². The predicted molar refractivity (Wildman–Crippen MR) is 79.6 cm³/mol. The van der Waals surface area contributed by atoms with Gasteiger partial charge in [-0.1, -0.05) is 18.2 Å². The Hall–Kier alpha value is -1.47. The first-order chi connectivity index (χ1) is 9.77. The van der Waals surface area contributed by atoms with Crippen LogP contribution in [0.1, 0.15) is 22.2 Å². The van der Waals surface area contributed by atoms with Crippen LogP contribution in [0.15, 0.2) is 24.3 Å². The number of nitrogens with one attached hydrogen (secondary N) is 1. The smallest absolute Gasteiger partial charge is 0.275 e. The third-order valence-electron chi connectivity index (χ3n) is 2.86. The number of benzene rings is 1. The Balaban J connectivity index is 2.18. The van der Waals surface area contributed by atoms with Crippen LogP contribution in [0, 0.1) is 0 Å². The Morgan fingerprint density at radius 1 is 1.30 bits per heavy atom. The van der Waals surface area contributed by atoms with Gasteiger partial charge >= 0.3 is 0 Å². The van der Waals surface area contributed by atoms with Crippen LogP contribution in [0.5, 0.6) is 0 Å². The molecule has 2 rings (SSSR count). The monoisotopic (exact) mass is 294 g/mol. The molecule has 0 aliphatic carbocycles. The first-order valence-corrected chi connectivity index (χ1v) is 7.26.